The molecule has 0 radical (unpaired) electrons. The fourth-order valence-corrected chi connectivity index (χ4v) is 3.10. The Morgan fingerprint density at radius 3 is 2.85 bits per heavy atom. The minimum Gasteiger partial charge on any atom is -0.338 e. The summed E-state index contributed by atoms with van der Waals surface area (Å²) >= 11 is 0. The molecule has 1 unspecified atom stereocenters. The van der Waals surface area contributed by atoms with Gasteiger partial charge < -0.3 is 4.52 Å². The van der Waals surface area contributed by atoms with Crippen LogP contribution in [-0.2, 0) is 16.6 Å². The molecule has 0 saturated carbocycles. The number of nitrogens with one attached hydrogen (secondary N) is 1. The monoisotopic (exact) mass is 299 g/mol. The van der Waals surface area contributed by atoms with Gasteiger partial charge in [-0.2, -0.15) is 14.8 Å². The molecule has 0 amide bonds. The molecule has 2 heterocycles. The zero-order valence-corrected chi connectivity index (χ0v) is 12.4. The van der Waals surface area contributed by atoms with Crippen molar-refractivity contribution in [3.05, 3.63) is 24.0 Å². The van der Waals surface area contributed by atoms with Gasteiger partial charge >= 0.3 is 0 Å². The number of rotatable bonds is 6. The Kier molecular flexibility index (Phi) is 4.19. The lowest BCUT2D eigenvalue weighted by Gasteiger charge is -2.11. The molecule has 8 nitrogen and oxygen atoms in total. The third kappa shape index (κ3) is 3.05. The van der Waals surface area contributed by atoms with E-state index >= 15 is 0 Å². The van der Waals surface area contributed by atoms with Gasteiger partial charge in [0.2, 0.25) is 5.89 Å². The lowest BCUT2D eigenvalue weighted by Crippen LogP contribution is -2.29. The number of nitrogens with zero attached hydrogens (tertiary/aromatic N) is 4. The maximum Gasteiger partial charge on any atom is 0.258 e. The van der Waals surface area contributed by atoms with E-state index in [0.29, 0.717) is 12.4 Å². The SMILES string of the molecule is CCCn1nccc1S(=O)(=O)NC(C)c1nc(C)no1. The summed E-state index contributed by atoms with van der Waals surface area (Å²) in [5, 5.41) is 7.77. The minimum absolute atomic E-state index is 0.127. The van der Waals surface area contributed by atoms with Crippen LogP contribution in [-0.4, -0.2) is 28.3 Å². The van der Waals surface area contributed by atoms with Gasteiger partial charge in [-0.15, -0.1) is 0 Å². The lowest BCUT2D eigenvalue weighted by atomic mass is 10.4. The average Bonchev–Trinajstić information content (AvgIpc) is 2.98. The molecule has 0 fully saturated rings. The van der Waals surface area contributed by atoms with Gasteiger partial charge in [0.25, 0.3) is 10.0 Å². The highest BCUT2D eigenvalue weighted by Crippen LogP contribution is 2.15. The predicted octanol–water partition coefficient (Wildman–Crippen LogP) is 1.02. The van der Waals surface area contributed by atoms with Crippen molar-refractivity contribution in [1.29, 1.82) is 0 Å². The first-order chi connectivity index (χ1) is 9.44. The molecule has 1 N–H and O–H groups in total. The van der Waals surface area contributed by atoms with Crippen molar-refractivity contribution in [1.82, 2.24) is 24.6 Å². The van der Waals surface area contributed by atoms with E-state index in [4.69, 9.17) is 4.52 Å². The van der Waals surface area contributed by atoms with Crippen molar-refractivity contribution >= 4 is 10.0 Å². The fraction of sp³-hybridized carbons (Fsp3) is 0.545. The van der Waals surface area contributed by atoms with Crippen molar-refractivity contribution < 1.29 is 12.9 Å². The van der Waals surface area contributed by atoms with E-state index in [2.05, 4.69) is 20.0 Å². The van der Waals surface area contributed by atoms with Gasteiger partial charge in [-0.3, -0.25) is 4.68 Å². The number of aromatic nitrogens is 4. The summed E-state index contributed by atoms with van der Waals surface area (Å²) in [4.78, 5) is 4.01. The summed E-state index contributed by atoms with van der Waals surface area (Å²) in [6.45, 7) is 5.81. The van der Waals surface area contributed by atoms with Crippen LogP contribution in [0.1, 0.15) is 38.0 Å². The minimum atomic E-state index is -3.69. The second-order valence-electron chi connectivity index (χ2n) is 4.42. The molecule has 0 aliphatic carbocycles. The standard InChI is InChI=1S/C11H17N5O3S/c1-4-7-16-10(5-6-12-16)20(17,18)15-8(2)11-13-9(3)14-19-11/h5-6,8,15H,4,7H2,1-3H3. The van der Waals surface area contributed by atoms with E-state index in [1.165, 1.54) is 16.9 Å². The van der Waals surface area contributed by atoms with Crippen molar-refractivity contribution in [2.24, 2.45) is 0 Å². The first-order valence-corrected chi connectivity index (χ1v) is 7.76. The quantitative estimate of drug-likeness (QED) is 0.854. The van der Waals surface area contributed by atoms with Gasteiger partial charge in [0.1, 0.15) is 0 Å². The van der Waals surface area contributed by atoms with E-state index in [1.54, 1.807) is 13.8 Å². The van der Waals surface area contributed by atoms with Crippen LogP contribution in [0.25, 0.3) is 0 Å². The first kappa shape index (κ1) is 14.7. The van der Waals surface area contributed by atoms with Crippen LogP contribution in [0.3, 0.4) is 0 Å². The third-order valence-electron chi connectivity index (χ3n) is 2.63. The number of hydrogen-bond acceptors (Lipinski definition) is 6. The van der Waals surface area contributed by atoms with E-state index < -0.39 is 16.1 Å². The Labute approximate surface area is 117 Å². The third-order valence-corrected chi connectivity index (χ3v) is 4.20. The van der Waals surface area contributed by atoms with Crippen LogP contribution >= 0.6 is 0 Å². The Morgan fingerprint density at radius 1 is 1.50 bits per heavy atom. The zero-order chi connectivity index (χ0) is 14.8. The number of aryl methyl sites for hydroxylation is 2. The van der Waals surface area contributed by atoms with Crippen LogP contribution in [0.15, 0.2) is 21.8 Å². The molecule has 0 spiro atoms. The van der Waals surface area contributed by atoms with Crippen LogP contribution in [0.5, 0.6) is 0 Å². The molecule has 2 aromatic rings. The van der Waals surface area contributed by atoms with Gasteiger partial charge in [-0.05, 0) is 26.3 Å². The summed E-state index contributed by atoms with van der Waals surface area (Å²) in [7, 11) is -3.69. The smallest absolute Gasteiger partial charge is 0.258 e. The average molecular weight is 299 g/mol. The maximum atomic E-state index is 12.3. The van der Waals surface area contributed by atoms with E-state index in [1.807, 2.05) is 6.92 Å². The van der Waals surface area contributed by atoms with Crippen molar-refractivity contribution in [2.75, 3.05) is 0 Å². The Hall–Kier alpha value is -1.74. The highest BCUT2D eigenvalue weighted by atomic mass is 32.2. The van der Waals surface area contributed by atoms with Crippen LogP contribution in [0.2, 0.25) is 0 Å². The Bertz CT molecular complexity index is 676. The summed E-state index contributed by atoms with van der Waals surface area (Å²) in [5.41, 5.74) is 0. The summed E-state index contributed by atoms with van der Waals surface area (Å²) in [5.74, 6) is 0.690. The molecule has 0 bridgehead atoms. The molecule has 0 aliphatic heterocycles. The zero-order valence-electron chi connectivity index (χ0n) is 11.6. The second-order valence-corrected chi connectivity index (χ2v) is 6.08. The topological polar surface area (TPSA) is 103 Å². The van der Waals surface area contributed by atoms with E-state index in [9.17, 15) is 8.42 Å². The van der Waals surface area contributed by atoms with Crippen LogP contribution in [0, 0.1) is 6.92 Å². The molecule has 9 heteroatoms. The van der Waals surface area contributed by atoms with Crippen LogP contribution in [0.4, 0.5) is 0 Å². The summed E-state index contributed by atoms with van der Waals surface area (Å²) in [6, 6.07) is 0.857. The first-order valence-electron chi connectivity index (χ1n) is 6.28. The largest absolute Gasteiger partial charge is 0.338 e. The molecular weight excluding hydrogens is 282 g/mol. The van der Waals surface area contributed by atoms with Gasteiger partial charge in [0.15, 0.2) is 10.9 Å². The molecule has 20 heavy (non-hydrogen) atoms. The highest BCUT2D eigenvalue weighted by Gasteiger charge is 2.24. The van der Waals surface area contributed by atoms with Crippen molar-refractivity contribution in [2.45, 2.75) is 44.8 Å². The lowest BCUT2D eigenvalue weighted by molar-refractivity contribution is 0.350. The van der Waals surface area contributed by atoms with Crippen molar-refractivity contribution in [3.63, 3.8) is 0 Å². The molecule has 2 rings (SSSR count). The molecule has 0 aromatic carbocycles. The van der Waals surface area contributed by atoms with E-state index in [-0.39, 0.29) is 10.9 Å². The number of hydrogen-bond donors (Lipinski definition) is 1. The van der Waals surface area contributed by atoms with Crippen molar-refractivity contribution in [3.8, 4) is 0 Å². The second kappa shape index (κ2) is 5.71. The summed E-state index contributed by atoms with van der Waals surface area (Å²) < 4.78 is 33.5. The van der Waals surface area contributed by atoms with Gasteiger partial charge in [0.05, 0.1) is 12.2 Å². The van der Waals surface area contributed by atoms with Gasteiger partial charge in [0, 0.05) is 6.54 Å². The predicted molar refractivity (Wildman–Crippen MR) is 70.3 cm³/mol. The molecule has 0 saturated heterocycles. The molecular formula is C11H17N5O3S. The molecule has 0 aliphatic rings. The van der Waals surface area contributed by atoms with Gasteiger partial charge in [-0.1, -0.05) is 12.1 Å². The Morgan fingerprint density at radius 2 is 2.25 bits per heavy atom. The summed E-state index contributed by atoms with van der Waals surface area (Å²) in [6.07, 6.45) is 2.26. The van der Waals surface area contributed by atoms with Gasteiger partial charge in [-0.25, -0.2) is 8.42 Å². The highest BCUT2D eigenvalue weighted by molar-refractivity contribution is 7.89. The fourth-order valence-electron chi connectivity index (χ4n) is 1.76. The van der Waals surface area contributed by atoms with Crippen LogP contribution < -0.4 is 4.72 Å². The maximum absolute atomic E-state index is 12.3. The molecule has 1 atom stereocenters. The van der Waals surface area contributed by atoms with E-state index in [0.717, 1.165) is 6.42 Å². The normalized spacial score (nSPS) is 13.6. The number of sulfonamides is 1. The Balaban J connectivity index is 2.20. The molecule has 110 valence electrons. The molecule has 2 aromatic heterocycles.